The molecule has 0 spiro atoms. The maximum absolute atomic E-state index is 12.9. The highest BCUT2D eigenvalue weighted by molar-refractivity contribution is 7.19. The minimum Gasteiger partial charge on any atom is -0.457 e. The van der Waals surface area contributed by atoms with Gasteiger partial charge in [0.25, 0.3) is 0 Å². The van der Waals surface area contributed by atoms with Crippen LogP contribution in [0.1, 0.15) is 35.8 Å². The van der Waals surface area contributed by atoms with Crippen LogP contribution in [0.3, 0.4) is 0 Å². The second kappa shape index (κ2) is 9.30. The molecule has 2 heterocycles. The van der Waals surface area contributed by atoms with Gasteiger partial charge >= 0.3 is 6.18 Å². The van der Waals surface area contributed by atoms with Crippen molar-refractivity contribution in [2.75, 3.05) is 5.32 Å². The lowest BCUT2D eigenvalue weighted by Gasteiger charge is -2.20. The third kappa shape index (κ3) is 4.86. The molecule has 0 amide bonds. The standard InChI is InChI=1S/C26H22F3N3O2S/c1-2-21(33)15-6-11-20-22(12-15)35-25-23(20)24(30-14-31-25)32-17-7-9-18(10-8-17)34-19-5-3-4-16(13-19)26(27,28)29/h3-5,7-10,13-15H,2,6,11-12H2,1H3,(H,30,31,32). The summed E-state index contributed by atoms with van der Waals surface area (Å²) >= 11 is 1.62. The number of ether oxygens (including phenoxy) is 1. The predicted octanol–water partition coefficient (Wildman–Crippen LogP) is 7.33. The van der Waals surface area contributed by atoms with Crippen molar-refractivity contribution in [1.29, 1.82) is 0 Å². The number of nitrogens with zero attached hydrogens (tertiary/aromatic N) is 2. The summed E-state index contributed by atoms with van der Waals surface area (Å²) in [4.78, 5) is 23.2. The van der Waals surface area contributed by atoms with Crippen molar-refractivity contribution in [2.45, 2.75) is 38.8 Å². The number of fused-ring (bicyclic) bond motifs is 3. The molecule has 9 heteroatoms. The lowest BCUT2D eigenvalue weighted by molar-refractivity contribution is -0.137. The fourth-order valence-electron chi connectivity index (χ4n) is 4.38. The minimum atomic E-state index is -4.43. The Morgan fingerprint density at radius 3 is 2.69 bits per heavy atom. The number of carbonyl (C=O) groups excluding carboxylic acids is 1. The van der Waals surface area contributed by atoms with Crippen molar-refractivity contribution in [1.82, 2.24) is 9.97 Å². The zero-order valence-corrected chi connectivity index (χ0v) is 19.7. The average Bonchev–Trinajstić information content (AvgIpc) is 3.23. The molecule has 35 heavy (non-hydrogen) atoms. The summed E-state index contributed by atoms with van der Waals surface area (Å²) < 4.78 is 44.4. The van der Waals surface area contributed by atoms with E-state index in [1.165, 1.54) is 28.9 Å². The number of carbonyl (C=O) groups is 1. The van der Waals surface area contributed by atoms with Gasteiger partial charge in [0.05, 0.1) is 10.9 Å². The molecule has 5 rings (SSSR count). The van der Waals surface area contributed by atoms with Crippen LogP contribution in [0.5, 0.6) is 11.5 Å². The van der Waals surface area contributed by atoms with Gasteiger partial charge in [-0.2, -0.15) is 13.2 Å². The first-order valence-corrected chi connectivity index (χ1v) is 12.1. The number of nitrogens with one attached hydrogen (secondary N) is 1. The van der Waals surface area contributed by atoms with Crippen molar-refractivity contribution < 1.29 is 22.7 Å². The van der Waals surface area contributed by atoms with Gasteiger partial charge in [-0.3, -0.25) is 4.79 Å². The van der Waals surface area contributed by atoms with Crippen molar-refractivity contribution in [3.63, 3.8) is 0 Å². The molecule has 1 atom stereocenters. The van der Waals surface area contributed by atoms with Crippen LogP contribution < -0.4 is 10.1 Å². The fourth-order valence-corrected chi connectivity index (χ4v) is 5.65. The lowest BCUT2D eigenvalue weighted by Crippen LogP contribution is -2.20. The molecule has 0 saturated carbocycles. The Kier molecular flexibility index (Phi) is 6.19. The van der Waals surface area contributed by atoms with E-state index in [-0.39, 0.29) is 11.7 Å². The second-order valence-electron chi connectivity index (χ2n) is 8.44. The van der Waals surface area contributed by atoms with Gasteiger partial charge in [0.1, 0.15) is 34.3 Å². The van der Waals surface area contributed by atoms with E-state index >= 15 is 0 Å². The molecule has 5 nitrogen and oxygen atoms in total. The number of Topliss-reactive ketones (excluding diaryl/α,β-unsaturated/α-hetero) is 1. The Morgan fingerprint density at radius 1 is 1.14 bits per heavy atom. The van der Waals surface area contributed by atoms with Crippen LogP contribution in [0.25, 0.3) is 10.2 Å². The summed E-state index contributed by atoms with van der Waals surface area (Å²) in [7, 11) is 0. The maximum Gasteiger partial charge on any atom is 0.416 e. The summed E-state index contributed by atoms with van der Waals surface area (Å²) in [6, 6.07) is 11.7. The quantitative estimate of drug-likeness (QED) is 0.302. The Morgan fingerprint density at radius 2 is 1.94 bits per heavy atom. The molecule has 1 unspecified atom stereocenters. The van der Waals surface area contributed by atoms with Crippen molar-refractivity contribution in [2.24, 2.45) is 5.92 Å². The highest BCUT2D eigenvalue weighted by Gasteiger charge is 2.31. The first-order chi connectivity index (χ1) is 16.8. The molecule has 0 bridgehead atoms. The highest BCUT2D eigenvalue weighted by atomic mass is 32.1. The zero-order valence-electron chi connectivity index (χ0n) is 18.9. The summed E-state index contributed by atoms with van der Waals surface area (Å²) in [6.07, 6.45) is 0.0593. The number of benzene rings is 2. The lowest BCUT2D eigenvalue weighted by atomic mass is 9.84. The number of rotatable bonds is 6. The molecular weight excluding hydrogens is 475 g/mol. The molecule has 180 valence electrons. The summed E-state index contributed by atoms with van der Waals surface area (Å²) in [5.41, 5.74) is 1.21. The molecule has 2 aromatic heterocycles. The van der Waals surface area contributed by atoms with Gasteiger partial charge in [-0.1, -0.05) is 13.0 Å². The number of anilines is 2. The number of aryl methyl sites for hydroxylation is 1. The number of halogens is 3. The fraction of sp³-hybridized carbons (Fsp3) is 0.269. The molecule has 1 aliphatic carbocycles. The number of hydrogen-bond acceptors (Lipinski definition) is 6. The zero-order chi connectivity index (χ0) is 24.6. The molecule has 4 aromatic rings. The van der Waals surface area contributed by atoms with E-state index in [4.69, 9.17) is 4.74 Å². The average molecular weight is 498 g/mol. The van der Waals surface area contributed by atoms with Gasteiger partial charge in [0, 0.05) is 22.9 Å². The van der Waals surface area contributed by atoms with Gasteiger partial charge in [-0.25, -0.2) is 9.97 Å². The molecular formula is C26H22F3N3O2S. The smallest absolute Gasteiger partial charge is 0.416 e. The molecule has 0 saturated heterocycles. The van der Waals surface area contributed by atoms with Crippen molar-refractivity contribution in [3.05, 3.63) is 70.9 Å². The Labute approximate surface area is 204 Å². The van der Waals surface area contributed by atoms with Crippen molar-refractivity contribution in [3.8, 4) is 11.5 Å². The summed E-state index contributed by atoms with van der Waals surface area (Å²) in [5, 5.41) is 4.32. The van der Waals surface area contributed by atoms with Crippen LogP contribution in [0.15, 0.2) is 54.9 Å². The van der Waals surface area contributed by atoms with Gasteiger partial charge < -0.3 is 10.1 Å². The maximum atomic E-state index is 12.9. The van der Waals surface area contributed by atoms with Crippen LogP contribution in [0.4, 0.5) is 24.7 Å². The van der Waals surface area contributed by atoms with Crippen LogP contribution in [0.2, 0.25) is 0 Å². The van der Waals surface area contributed by atoms with Gasteiger partial charge in [0.2, 0.25) is 0 Å². The monoisotopic (exact) mass is 497 g/mol. The molecule has 0 radical (unpaired) electrons. The first-order valence-electron chi connectivity index (χ1n) is 11.3. The third-order valence-corrected chi connectivity index (χ3v) is 7.33. The summed E-state index contributed by atoms with van der Waals surface area (Å²) in [5.74, 6) is 1.61. The molecule has 0 aliphatic heterocycles. The van der Waals surface area contributed by atoms with Crippen molar-refractivity contribution >= 4 is 38.8 Å². The molecule has 2 aromatic carbocycles. The SMILES string of the molecule is CCC(=O)C1CCc2c(sc3ncnc(Nc4ccc(Oc5cccc(C(F)(F)F)c5)cc4)c23)C1. The van der Waals surface area contributed by atoms with Crippen LogP contribution in [-0.4, -0.2) is 15.8 Å². The normalized spacial score (nSPS) is 15.6. The molecule has 1 N–H and O–H groups in total. The summed E-state index contributed by atoms with van der Waals surface area (Å²) in [6.45, 7) is 1.91. The number of hydrogen-bond donors (Lipinski definition) is 1. The second-order valence-corrected chi connectivity index (χ2v) is 9.53. The van der Waals surface area contributed by atoms with Gasteiger partial charge in [-0.15, -0.1) is 11.3 Å². The van der Waals surface area contributed by atoms with Crippen LogP contribution >= 0.6 is 11.3 Å². The number of ketones is 1. The first kappa shape index (κ1) is 23.3. The van der Waals surface area contributed by atoms with Crippen LogP contribution in [0, 0.1) is 5.92 Å². The van der Waals surface area contributed by atoms with Gasteiger partial charge in [0.15, 0.2) is 0 Å². The molecule has 0 fully saturated rings. The van der Waals surface area contributed by atoms with E-state index in [1.807, 2.05) is 6.92 Å². The van der Waals surface area contributed by atoms with E-state index in [9.17, 15) is 18.0 Å². The Hall–Kier alpha value is -3.46. The topological polar surface area (TPSA) is 64.1 Å². The van der Waals surface area contributed by atoms with E-state index < -0.39 is 11.7 Å². The predicted molar refractivity (Wildman–Crippen MR) is 129 cm³/mol. The number of thiophene rings is 1. The largest absolute Gasteiger partial charge is 0.457 e. The third-order valence-electron chi connectivity index (χ3n) is 6.16. The number of aromatic nitrogens is 2. The van der Waals surface area contributed by atoms with E-state index in [1.54, 1.807) is 35.6 Å². The Bertz CT molecular complexity index is 1380. The molecule has 1 aliphatic rings. The number of alkyl halides is 3. The Balaban J connectivity index is 1.35. The van der Waals surface area contributed by atoms with Crippen LogP contribution in [-0.2, 0) is 23.8 Å². The van der Waals surface area contributed by atoms with Gasteiger partial charge in [-0.05, 0) is 67.3 Å². The van der Waals surface area contributed by atoms with E-state index in [0.29, 0.717) is 23.8 Å². The minimum absolute atomic E-state index is 0.0781. The van der Waals surface area contributed by atoms with E-state index in [0.717, 1.165) is 47.3 Å². The van der Waals surface area contributed by atoms with E-state index in [2.05, 4.69) is 15.3 Å². The highest BCUT2D eigenvalue weighted by Crippen LogP contribution is 2.41.